The molecule has 0 unspecified atom stereocenters. The summed E-state index contributed by atoms with van der Waals surface area (Å²) in [6.07, 6.45) is 6.55. The number of nitriles is 1. The number of benzene rings is 1. The molecule has 5 aromatic rings. The lowest BCUT2D eigenvalue weighted by Crippen LogP contribution is -2.27. The van der Waals surface area contributed by atoms with E-state index in [1.165, 1.54) is 52.4 Å². The molecule has 45 heavy (non-hydrogen) atoms. The molecule has 4 aromatic heterocycles. The molecule has 0 saturated carbocycles. The van der Waals surface area contributed by atoms with Crippen LogP contribution in [0.1, 0.15) is 50.2 Å². The maximum atomic E-state index is 15.5. The van der Waals surface area contributed by atoms with Crippen LogP contribution >= 0.6 is 11.6 Å². The molecule has 2 bridgehead atoms. The summed E-state index contributed by atoms with van der Waals surface area (Å²) in [7, 11) is 0. The van der Waals surface area contributed by atoms with Crippen LogP contribution in [-0.2, 0) is 4.79 Å². The molecular formula is C30H23ClF3N9O2. The topological polar surface area (TPSA) is 136 Å². The molecule has 0 radical (unpaired) electrons. The SMILES string of the molecule is C[C@@H]1CCC[C@H](n2cnc(-c3c(-n4cc(C#N)nn4)ccc(Cl)c3F)cc2=O)c2cc(ccn2)-c2c(ccn2C(F)F)NC1=O. The van der Waals surface area contributed by atoms with Gasteiger partial charge in [0.25, 0.3) is 5.56 Å². The molecular weight excluding hydrogens is 611 g/mol. The molecule has 0 spiro atoms. The first-order valence-electron chi connectivity index (χ1n) is 13.8. The van der Waals surface area contributed by atoms with Gasteiger partial charge >= 0.3 is 6.55 Å². The Bertz CT molecular complexity index is 2030. The molecule has 1 aliphatic rings. The zero-order valence-corrected chi connectivity index (χ0v) is 24.3. The summed E-state index contributed by atoms with van der Waals surface area (Å²) in [5.41, 5.74) is 0.555. The molecule has 2 atom stereocenters. The molecule has 0 aliphatic carbocycles. The van der Waals surface area contributed by atoms with Crippen molar-refractivity contribution in [2.24, 2.45) is 5.92 Å². The van der Waals surface area contributed by atoms with Crippen LogP contribution in [0.25, 0.3) is 28.2 Å². The van der Waals surface area contributed by atoms with Gasteiger partial charge in [-0.2, -0.15) is 14.0 Å². The van der Waals surface area contributed by atoms with E-state index < -0.39 is 29.9 Å². The average molecular weight is 634 g/mol. The fourth-order valence-electron chi connectivity index (χ4n) is 5.42. The maximum absolute atomic E-state index is 15.5. The highest BCUT2D eigenvalue weighted by Crippen LogP contribution is 2.36. The maximum Gasteiger partial charge on any atom is 0.319 e. The number of carbonyl (C=O) groups excluding carboxylic acids is 1. The number of hydrogen-bond donors (Lipinski definition) is 1. The number of fused-ring (bicyclic) bond motifs is 4. The first-order chi connectivity index (χ1) is 21.7. The van der Waals surface area contributed by atoms with Crippen molar-refractivity contribution in [3.05, 3.63) is 93.9 Å². The molecule has 11 nitrogen and oxygen atoms in total. The Morgan fingerprint density at radius 1 is 1.13 bits per heavy atom. The number of nitrogens with one attached hydrogen (secondary N) is 1. The van der Waals surface area contributed by atoms with E-state index in [-0.39, 0.29) is 44.9 Å². The highest BCUT2D eigenvalue weighted by molar-refractivity contribution is 6.31. The number of anilines is 1. The predicted molar refractivity (Wildman–Crippen MR) is 157 cm³/mol. The highest BCUT2D eigenvalue weighted by atomic mass is 35.5. The second-order valence-corrected chi connectivity index (χ2v) is 10.9. The Kier molecular flexibility index (Phi) is 7.94. The number of alkyl halides is 2. The first kappa shape index (κ1) is 29.8. The quantitative estimate of drug-likeness (QED) is 0.266. The lowest BCUT2D eigenvalue weighted by Gasteiger charge is -2.22. The van der Waals surface area contributed by atoms with Gasteiger partial charge in [0.05, 0.1) is 57.6 Å². The number of carbonyl (C=O) groups is 1. The third-order valence-corrected chi connectivity index (χ3v) is 7.99. The molecule has 228 valence electrons. The number of rotatable bonds is 4. The summed E-state index contributed by atoms with van der Waals surface area (Å²) in [6, 6.07) is 9.66. The fraction of sp³-hybridized carbons (Fsp3) is 0.233. The van der Waals surface area contributed by atoms with Crippen LogP contribution in [0.4, 0.5) is 18.9 Å². The summed E-state index contributed by atoms with van der Waals surface area (Å²) < 4.78 is 46.7. The van der Waals surface area contributed by atoms with Crippen molar-refractivity contribution in [2.75, 3.05) is 5.32 Å². The molecule has 5 heterocycles. The molecule has 15 heteroatoms. The summed E-state index contributed by atoms with van der Waals surface area (Å²) >= 11 is 6.08. The van der Waals surface area contributed by atoms with Crippen molar-refractivity contribution in [1.29, 1.82) is 5.26 Å². The summed E-state index contributed by atoms with van der Waals surface area (Å²) in [6.45, 7) is -1.13. The van der Waals surface area contributed by atoms with Crippen molar-refractivity contribution in [3.8, 4) is 34.3 Å². The van der Waals surface area contributed by atoms with E-state index in [1.54, 1.807) is 19.1 Å². The first-order valence-corrected chi connectivity index (χ1v) is 14.2. The molecule has 1 N–H and O–H groups in total. The summed E-state index contributed by atoms with van der Waals surface area (Å²) in [5, 5.41) is 19.3. The Morgan fingerprint density at radius 3 is 2.69 bits per heavy atom. The number of amides is 1. The minimum atomic E-state index is -2.87. The van der Waals surface area contributed by atoms with E-state index in [1.807, 2.05) is 6.07 Å². The van der Waals surface area contributed by atoms with Gasteiger partial charge in [0, 0.05) is 29.9 Å². The minimum absolute atomic E-state index is 0.00309. The number of pyridine rings is 1. The van der Waals surface area contributed by atoms with Gasteiger partial charge in [0.15, 0.2) is 11.5 Å². The fourth-order valence-corrected chi connectivity index (χ4v) is 5.57. The van der Waals surface area contributed by atoms with Crippen LogP contribution in [0.2, 0.25) is 5.02 Å². The molecule has 6 rings (SSSR count). The van der Waals surface area contributed by atoms with E-state index in [4.69, 9.17) is 16.9 Å². The number of halogens is 4. The van der Waals surface area contributed by atoms with Crippen LogP contribution in [0.15, 0.2) is 66.1 Å². The number of hydrogen-bond acceptors (Lipinski definition) is 7. The lowest BCUT2D eigenvalue weighted by atomic mass is 9.97. The predicted octanol–water partition coefficient (Wildman–Crippen LogP) is 5.76. The largest absolute Gasteiger partial charge is 0.324 e. The third kappa shape index (κ3) is 5.58. The second kappa shape index (κ2) is 12.0. The highest BCUT2D eigenvalue weighted by Gasteiger charge is 2.26. The van der Waals surface area contributed by atoms with Crippen LogP contribution in [0.3, 0.4) is 0 Å². The van der Waals surface area contributed by atoms with Crippen molar-refractivity contribution in [2.45, 2.75) is 38.8 Å². The zero-order chi connectivity index (χ0) is 31.8. The van der Waals surface area contributed by atoms with E-state index in [0.717, 1.165) is 10.6 Å². The van der Waals surface area contributed by atoms with Gasteiger partial charge in [-0.3, -0.25) is 23.7 Å². The van der Waals surface area contributed by atoms with E-state index in [0.29, 0.717) is 30.5 Å². The van der Waals surface area contributed by atoms with Crippen molar-refractivity contribution >= 4 is 23.2 Å². The van der Waals surface area contributed by atoms with Crippen LogP contribution in [0.5, 0.6) is 0 Å². The third-order valence-electron chi connectivity index (χ3n) is 7.70. The van der Waals surface area contributed by atoms with Gasteiger partial charge in [0.1, 0.15) is 6.07 Å². The summed E-state index contributed by atoms with van der Waals surface area (Å²) in [4.78, 5) is 35.5. The standard InChI is InChI=1S/C30H23ClF3N9O2/c1-16-3-2-4-23(21-11-17(7-9-36-21)28-20(38-29(16)45)8-10-41(28)30(33)34)42-15-37-22(12-25(42)44)26-24(6-5-19(31)27(26)32)43-14-18(13-35)39-40-43/h5-12,14-16,23,30H,2-4H2,1H3,(H,38,45)/t16-,23+/m1/s1. The Labute approximate surface area is 258 Å². The van der Waals surface area contributed by atoms with Gasteiger partial charge in [-0.1, -0.05) is 30.2 Å². The number of aromatic nitrogens is 7. The van der Waals surface area contributed by atoms with E-state index in [9.17, 15) is 18.4 Å². The van der Waals surface area contributed by atoms with Gasteiger partial charge in [0.2, 0.25) is 5.91 Å². The Morgan fingerprint density at radius 2 is 1.96 bits per heavy atom. The summed E-state index contributed by atoms with van der Waals surface area (Å²) in [5.74, 6) is -1.61. The molecule has 1 aliphatic heterocycles. The Hall–Kier alpha value is -5.29. The Balaban J connectivity index is 1.46. The second-order valence-electron chi connectivity index (χ2n) is 10.5. The zero-order valence-electron chi connectivity index (χ0n) is 23.5. The van der Waals surface area contributed by atoms with Crippen LogP contribution < -0.4 is 10.9 Å². The monoisotopic (exact) mass is 633 g/mol. The van der Waals surface area contributed by atoms with E-state index >= 15 is 4.39 Å². The van der Waals surface area contributed by atoms with Crippen molar-refractivity contribution in [1.82, 2.24) is 34.1 Å². The van der Waals surface area contributed by atoms with Gasteiger partial charge < -0.3 is 5.32 Å². The minimum Gasteiger partial charge on any atom is -0.324 e. The van der Waals surface area contributed by atoms with E-state index in [2.05, 4.69) is 25.6 Å². The van der Waals surface area contributed by atoms with Crippen LogP contribution in [0, 0.1) is 23.1 Å². The molecule has 0 fully saturated rings. The number of nitrogens with zero attached hydrogens (tertiary/aromatic N) is 8. The molecule has 0 saturated heterocycles. The van der Waals surface area contributed by atoms with Crippen molar-refractivity contribution in [3.63, 3.8) is 0 Å². The van der Waals surface area contributed by atoms with Crippen molar-refractivity contribution < 1.29 is 18.0 Å². The van der Waals surface area contributed by atoms with Crippen LogP contribution in [-0.4, -0.2) is 40.0 Å². The van der Waals surface area contributed by atoms with Gasteiger partial charge in [-0.05, 0) is 43.2 Å². The van der Waals surface area contributed by atoms with Gasteiger partial charge in [-0.15, -0.1) is 5.10 Å². The molecule has 1 amide bonds. The normalized spacial score (nSPS) is 16.8. The average Bonchev–Trinajstić information content (AvgIpc) is 3.68. The smallest absolute Gasteiger partial charge is 0.319 e. The lowest BCUT2D eigenvalue weighted by molar-refractivity contribution is -0.119. The van der Waals surface area contributed by atoms with Gasteiger partial charge in [-0.25, -0.2) is 14.1 Å². The molecule has 1 aromatic carbocycles.